The maximum Gasteiger partial charge on any atom is 0.240 e. The second-order valence-electron chi connectivity index (χ2n) is 7.26. The number of hydrogen-bond acceptors (Lipinski definition) is 5. The number of nitrogens with one attached hydrogen (secondary N) is 2. The second-order valence-corrected chi connectivity index (χ2v) is 8.46. The van der Waals surface area contributed by atoms with Gasteiger partial charge in [-0.3, -0.25) is 14.5 Å². The number of amides is 2. The summed E-state index contributed by atoms with van der Waals surface area (Å²) in [6.45, 7) is 10.8. The zero-order chi connectivity index (χ0) is 18.4. The Morgan fingerprint density at radius 3 is 2.76 bits per heavy atom. The van der Waals surface area contributed by atoms with Gasteiger partial charge in [0.1, 0.15) is 0 Å². The van der Waals surface area contributed by atoms with Gasteiger partial charge in [-0.2, -0.15) is 0 Å². The van der Waals surface area contributed by atoms with E-state index in [2.05, 4.69) is 34.4 Å². The molecule has 1 aliphatic heterocycles. The highest BCUT2D eigenvalue weighted by atomic mass is 32.1. The Morgan fingerprint density at radius 2 is 2.12 bits per heavy atom. The lowest BCUT2D eigenvalue weighted by Gasteiger charge is -2.31. The summed E-state index contributed by atoms with van der Waals surface area (Å²) in [5.41, 5.74) is 0.955. The number of aromatic nitrogens is 1. The van der Waals surface area contributed by atoms with Crippen molar-refractivity contribution in [3.05, 3.63) is 10.6 Å². The summed E-state index contributed by atoms with van der Waals surface area (Å²) in [6, 6.07) is 0. The van der Waals surface area contributed by atoms with E-state index in [9.17, 15) is 9.59 Å². The predicted molar refractivity (Wildman–Crippen MR) is 102 cm³/mol. The number of carbonyl (C=O) groups is 2. The first-order valence-corrected chi connectivity index (χ1v) is 9.90. The van der Waals surface area contributed by atoms with E-state index < -0.39 is 0 Å². The Balaban J connectivity index is 1.78. The van der Waals surface area contributed by atoms with Crippen molar-refractivity contribution in [2.24, 2.45) is 11.8 Å². The molecule has 6 nitrogen and oxygen atoms in total. The predicted octanol–water partition coefficient (Wildman–Crippen LogP) is 2.57. The highest BCUT2D eigenvalue weighted by Crippen LogP contribution is 2.21. The molecule has 1 saturated heterocycles. The highest BCUT2D eigenvalue weighted by Gasteiger charge is 2.26. The monoisotopic (exact) mass is 366 g/mol. The van der Waals surface area contributed by atoms with Crippen LogP contribution in [0.2, 0.25) is 0 Å². The van der Waals surface area contributed by atoms with Gasteiger partial charge in [-0.15, -0.1) is 11.3 Å². The van der Waals surface area contributed by atoms with Crippen molar-refractivity contribution < 1.29 is 9.59 Å². The summed E-state index contributed by atoms with van der Waals surface area (Å²) in [7, 11) is 0. The summed E-state index contributed by atoms with van der Waals surface area (Å²) >= 11 is 1.50. The molecule has 0 aliphatic carbocycles. The van der Waals surface area contributed by atoms with Gasteiger partial charge in [0.25, 0.3) is 0 Å². The average molecular weight is 367 g/mol. The van der Waals surface area contributed by atoms with Crippen LogP contribution >= 0.6 is 11.3 Å². The molecular weight excluding hydrogens is 336 g/mol. The van der Waals surface area contributed by atoms with Gasteiger partial charge >= 0.3 is 0 Å². The van der Waals surface area contributed by atoms with Crippen molar-refractivity contribution in [3.63, 3.8) is 0 Å². The number of rotatable bonds is 7. The van der Waals surface area contributed by atoms with Gasteiger partial charge in [0, 0.05) is 18.0 Å². The van der Waals surface area contributed by atoms with Crippen LogP contribution in [0, 0.1) is 25.7 Å². The number of piperidine rings is 1. The molecular formula is C18H30N4O2S. The summed E-state index contributed by atoms with van der Waals surface area (Å²) in [5.74, 6) is 0.634. The van der Waals surface area contributed by atoms with Crippen LogP contribution in [0.15, 0.2) is 0 Å². The molecule has 0 radical (unpaired) electrons. The van der Waals surface area contributed by atoms with E-state index >= 15 is 0 Å². The van der Waals surface area contributed by atoms with E-state index in [1.54, 1.807) is 0 Å². The van der Waals surface area contributed by atoms with Gasteiger partial charge in [-0.1, -0.05) is 13.8 Å². The van der Waals surface area contributed by atoms with Crippen molar-refractivity contribution in [3.8, 4) is 0 Å². The van der Waals surface area contributed by atoms with Crippen molar-refractivity contribution >= 4 is 28.3 Å². The molecule has 25 heavy (non-hydrogen) atoms. The molecule has 2 rings (SSSR count). The number of aryl methyl sites for hydroxylation is 2. The van der Waals surface area contributed by atoms with Gasteiger partial charge in [0.2, 0.25) is 11.8 Å². The molecule has 0 saturated carbocycles. The lowest BCUT2D eigenvalue weighted by Crippen LogP contribution is -2.45. The molecule has 1 aromatic rings. The largest absolute Gasteiger partial charge is 0.356 e. The maximum atomic E-state index is 12.3. The first-order valence-electron chi connectivity index (χ1n) is 9.09. The van der Waals surface area contributed by atoms with Crippen LogP contribution in [0.1, 0.15) is 43.7 Å². The first-order chi connectivity index (χ1) is 11.8. The van der Waals surface area contributed by atoms with Gasteiger partial charge in [0.05, 0.1) is 18.2 Å². The third-order valence-electron chi connectivity index (χ3n) is 4.54. The fourth-order valence-corrected chi connectivity index (χ4v) is 3.76. The quantitative estimate of drug-likeness (QED) is 0.778. The number of anilines is 1. The smallest absolute Gasteiger partial charge is 0.240 e. The summed E-state index contributed by atoms with van der Waals surface area (Å²) in [5, 5.41) is 6.55. The number of hydrogen-bond donors (Lipinski definition) is 2. The SMILES string of the molecule is Cc1nc(NC(=O)CN2CCCC(C(=O)NCCC(C)C)C2)sc1C. The number of nitrogens with zero attached hydrogens (tertiary/aromatic N) is 2. The van der Waals surface area contributed by atoms with Crippen LogP contribution in [0.25, 0.3) is 0 Å². The minimum atomic E-state index is -0.0605. The topological polar surface area (TPSA) is 74.3 Å². The molecule has 2 N–H and O–H groups in total. The van der Waals surface area contributed by atoms with Crippen LogP contribution in [0.5, 0.6) is 0 Å². The lowest BCUT2D eigenvalue weighted by molar-refractivity contribution is -0.128. The Kier molecular flexibility index (Phi) is 7.38. The molecule has 1 atom stereocenters. The molecule has 1 aromatic heterocycles. The van der Waals surface area contributed by atoms with Gasteiger partial charge in [-0.25, -0.2) is 4.98 Å². The molecule has 0 aromatic carbocycles. The van der Waals surface area contributed by atoms with Crippen molar-refractivity contribution in [2.75, 3.05) is 31.5 Å². The molecule has 1 unspecified atom stereocenters. The van der Waals surface area contributed by atoms with Gasteiger partial charge in [0.15, 0.2) is 5.13 Å². The summed E-state index contributed by atoms with van der Waals surface area (Å²) in [4.78, 5) is 32.1. The molecule has 2 heterocycles. The molecule has 7 heteroatoms. The minimum Gasteiger partial charge on any atom is -0.356 e. The Labute approximate surface area is 154 Å². The molecule has 1 aliphatic rings. The number of likely N-dealkylation sites (tertiary alicyclic amines) is 1. The van der Waals surface area contributed by atoms with E-state index in [1.807, 2.05) is 13.8 Å². The van der Waals surface area contributed by atoms with Crippen molar-refractivity contribution in [2.45, 2.75) is 47.0 Å². The van der Waals surface area contributed by atoms with E-state index in [-0.39, 0.29) is 17.7 Å². The Morgan fingerprint density at radius 1 is 1.36 bits per heavy atom. The third-order valence-corrected chi connectivity index (χ3v) is 5.53. The van der Waals surface area contributed by atoms with Gasteiger partial charge in [-0.05, 0) is 45.6 Å². The molecule has 0 bridgehead atoms. The van der Waals surface area contributed by atoms with Crippen LogP contribution < -0.4 is 10.6 Å². The highest BCUT2D eigenvalue weighted by molar-refractivity contribution is 7.15. The van der Waals surface area contributed by atoms with Crippen molar-refractivity contribution in [1.82, 2.24) is 15.2 Å². The molecule has 2 amide bonds. The summed E-state index contributed by atoms with van der Waals surface area (Å²) in [6.07, 6.45) is 2.85. The van der Waals surface area contributed by atoms with E-state index in [0.717, 1.165) is 42.9 Å². The molecule has 1 fully saturated rings. The van der Waals surface area contributed by atoms with Crippen LogP contribution in [-0.2, 0) is 9.59 Å². The fourth-order valence-electron chi connectivity index (χ4n) is 2.93. The maximum absolute atomic E-state index is 12.3. The Hall–Kier alpha value is -1.47. The van der Waals surface area contributed by atoms with E-state index in [0.29, 0.717) is 24.1 Å². The molecule has 140 valence electrons. The average Bonchev–Trinajstić information content (AvgIpc) is 2.84. The normalized spacial score (nSPS) is 18.4. The number of thiazole rings is 1. The summed E-state index contributed by atoms with van der Waals surface area (Å²) < 4.78 is 0. The standard InChI is InChI=1S/C18H30N4O2S/c1-12(2)7-8-19-17(24)15-6-5-9-22(10-15)11-16(23)21-18-20-13(3)14(4)25-18/h12,15H,5-11H2,1-4H3,(H,19,24)(H,20,21,23). The first kappa shape index (κ1) is 19.8. The zero-order valence-corrected chi connectivity index (χ0v) is 16.5. The molecule has 0 spiro atoms. The van der Waals surface area contributed by atoms with E-state index in [1.165, 1.54) is 11.3 Å². The fraction of sp³-hybridized carbons (Fsp3) is 0.722. The van der Waals surface area contributed by atoms with Crippen LogP contribution in [-0.4, -0.2) is 47.9 Å². The Bertz CT molecular complexity index is 580. The third kappa shape index (κ3) is 6.40. The lowest BCUT2D eigenvalue weighted by atomic mass is 9.97. The van der Waals surface area contributed by atoms with Crippen LogP contribution in [0.4, 0.5) is 5.13 Å². The van der Waals surface area contributed by atoms with E-state index in [4.69, 9.17) is 0 Å². The second kappa shape index (κ2) is 9.29. The zero-order valence-electron chi connectivity index (χ0n) is 15.7. The van der Waals surface area contributed by atoms with Crippen LogP contribution in [0.3, 0.4) is 0 Å². The van der Waals surface area contributed by atoms with Gasteiger partial charge < -0.3 is 10.6 Å². The number of carbonyl (C=O) groups excluding carboxylic acids is 2. The van der Waals surface area contributed by atoms with Crippen molar-refractivity contribution in [1.29, 1.82) is 0 Å². The minimum absolute atomic E-state index is 0.0157.